The molecular weight excluding hydrogens is 380 g/mol. The van der Waals surface area contributed by atoms with E-state index in [1.54, 1.807) is 26.4 Å². The lowest BCUT2D eigenvalue weighted by Crippen LogP contribution is -2.40. The van der Waals surface area contributed by atoms with Crippen molar-refractivity contribution in [2.45, 2.75) is 31.7 Å². The summed E-state index contributed by atoms with van der Waals surface area (Å²) < 4.78 is 16.0. The molecule has 2 aromatic rings. The highest BCUT2D eigenvalue weighted by Crippen LogP contribution is 2.25. The van der Waals surface area contributed by atoms with Gasteiger partial charge in [0.2, 0.25) is 0 Å². The van der Waals surface area contributed by atoms with Gasteiger partial charge in [-0.1, -0.05) is 25.0 Å². The van der Waals surface area contributed by atoms with Gasteiger partial charge in [-0.2, -0.15) is 0 Å². The van der Waals surface area contributed by atoms with Crippen LogP contribution in [0.25, 0.3) is 0 Å². The highest BCUT2D eigenvalue weighted by atomic mass is 16.5. The number of likely N-dealkylation sites (tertiary alicyclic amines) is 1. The predicted octanol–water partition coefficient (Wildman–Crippen LogP) is 3.82. The van der Waals surface area contributed by atoms with Crippen molar-refractivity contribution in [1.29, 1.82) is 0 Å². The number of rotatable bonds is 9. The number of nitrogens with one attached hydrogen (secondary N) is 1. The standard InChI is InChI=1S/C24H32N2O4/c1-28-20-9-7-19(8-10-20)23(26-15-5-3-4-6-16-26)17-25-24(27)18-30-22-13-11-21(29-2)12-14-22/h7-14,23H,3-6,15-18H2,1-2H3,(H,25,27)/t23-/m1/s1. The average molecular weight is 413 g/mol. The van der Waals surface area contributed by atoms with Gasteiger partial charge in [-0.05, 0) is 67.9 Å². The van der Waals surface area contributed by atoms with E-state index >= 15 is 0 Å². The average Bonchev–Trinajstić information content (AvgIpc) is 3.08. The minimum absolute atomic E-state index is 0.0122. The van der Waals surface area contributed by atoms with E-state index in [-0.39, 0.29) is 18.6 Å². The van der Waals surface area contributed by atoms with Crippen molar-refractivity contribution in [3.8, 4) is 17.2 Å². The quantitative estimate of drug-likeness (QED) is 0.679. The van der Waals surface area contributed by atoms with Gasteiger partial charge in [0.15, 0.2) is 6.61 Å². The molecule has 3 rings (SSSR count). The van der Waals surface area contributed by atoms with Crippen molar-refractivity contribution in [2.24, 2.45) is 0 Å². The van der Waals surface area contributed by atoms with Crippen LogP contribution >= 0.6 is 0 Å². The number of hydrogen-bond acceptors (Lipinski definition) is 5. The van der Waals surface area contributed by atoms with Gasteiger partial charge in [0.05, 0.1) is 20.3 Å². The molecule has 1 aliphatic heterocycles. The summed E-state index contributed by atoms with van der Waals surface area (Å²) in [7, 11) is 3.29. The van der Waals surface area contributed by atoms with Crippen LogP contribution in [0.1, 0.15) is 37.3 Å². The van der Waals surface area contributed by atoms with E-state index in [0.29, 0.717) is 12.3 Å². The molecule has 2 aromatic carbocycles. The van der Waals surface area contributed by atoms with Crippen LogP contribution in [0.4, 0.5) is 0 Å². The highest BCUT2D eigenvalue weighted by Gasteiger charge is 2.22. The third-order valence-corrected chi connectivity index (χ3v) is 5.50. The number of benzene rings is 2. The van der Waals surface area contributed by atoms with Gasteiger partial charge in [-0.3, -0.25) is 9.69 Å². The van der Waals surface area contributed by atoms with Gasteiger partial charge < -0.3 is 19.5 Å². The number of carbonyl (C=O) groups is 1. The second-order valence-corrected chi connectivity index (χ2v) is 7.51. The molecule has 1 saturated heterocycles. The summed E-state index contributed by atoms with van der Waals surface area (Å²) in [6.07, 6.45) is 4.93. The first kappa shape index (κ1) is 22.0. The lowest BCUT2D eigenvalue weighted by molar-refractivity contribution is -0.123. The molecule has 1 amide bonds. The van der Waals surface area contributed by atoms with Crippen molar-refractivity contribution in [3.63, 3.8) is 0 Å². The fourth-order valence-electron chi connectivity index (χ4n) is 3.77. The molecule has 30 heavy (non-hydrogen) atoms. The predicted molar refractivity (Wildman–Crippen MR) is 117 cm³/mol. The van der Waals surface area contributed by atoms with Gasteiger partial charge in [-0.15, -0.1) is 0 Å². The summed E-state index contributed by atoms with van der Waals surface area (Å²) >= 11 is 0. The lowest BCUT2D eigenvalue weighted by Gasteiger charge is -2.31. The molecule has 6 heteroatoms. The summed E-state index contributed by atoms with van der Waals surface area (Å²) in [4.78, 5) is 14.9. The molecule has 1 aliphatic rings. The zero-order valence-corrected chi connectivity index (χ0v) is 17.9. The molecular formula is C24H32N2O4. The van der Waals surface area contributed by atoms with E-state index in [2.05, 4.69) is 22.3 Å². The van der Waals surface area contributed by atoms with Crippen molar-refractivity contribution in [3.05, 3.63) is 54.1 Å². The first-order valence-corrected chi connectivity index (χ1v) is 10.6. The Balaban J connectivity index is 1.59. The first-order chi connectivity index (χ1) is 14.7. The van der Waals surface area contributed by atoms with E-state index in [1.807, 2.05) is 24.3 Å². The van der Waals surface area contributed by atoms with Crippen LogP contribution in [0, 0.1) is 0 Å². The maximum absolute atomic E-state index is 12.4. The van der Waals surface area contributed by atoms with E-state index in [1.165, 1.54) is 31.2 Å². The summed E-state index contributed by atoms with van der Waals surface area (Å²) in [5, 5.41) is 3.06. The van der Waals surface area contributed by atoms with Crippen LogP contribution in [0.15, 0.2) is 48.5 Å². The molecule has 0 bridgehead atoms. The van der Waals surface area contributed by atoms with Gasteiger partial charge in [0, 0.05) is 6.54 Å². The monoisotopic (exact) mass is 412 g/mol. The van der Waals surface area contributed by atoms with E-state index < -0.39 is 0 Å². The second kappa shape index (κ2) is 11.5. The Morgan fingerprint density at radius 2 is 1.40 bits per heavy atom. The molecule has 0 spiro atoms. The smallest absolute Gasteiger partial charge is 0.258 e. The minimum atomic E-state index is -0.126. The topological polar surface area (TPSA) is 60.0 Å². The number of carbonyl (C=O) groups excluding carboxylic acids is 1. The highest BCUT2D eigenvalue weighted by molar-refractivity contribution is 5.77. The Labute approximate surface area is 179 Å². The molecule has 0 unspecified atom stereocenters. The number of amides is 1. The lowest BCUT2D eigenvalue weighted by atomic mass is 10.0. The second-order valence-electron chi connectivity index (χ2n) is 7.51. The molecule has 1 atom stereocenters. The largest absolute Gasteiger partial charge is 0.497 e. The molecule has 0 saturated carbocycles. The fourth-order valence-corrected chi connectivity index (χ4v) is 3.77. The van der Waals surface area contributed by atoms with Gasteiger partial charge in [0.1, 0.15) is 17.2 Å². The molecule has 0 aliphatic carbocycles. The Kier molecular flexibility index (Phi) is 8.39. The zero-order chi connectivity index (χ0) is 21.2. The van der Waals surface area contributed by atoms with E-state index in [0.717, 1.165) is 24.6 Å². The fraction of sp³-hybridized carbons (Fsp3) is 0.458. The maximum Gasteiger partial charge on any atom is 0.258 e. The molecule has 162 valence electrons. The van der Waals surface area contributed by atoms with E-state index in [9.17, 15) is 4.79 Å². The van der Waals surface area contributed by atoms with Crippen molar-refractivity contribution in [1.82, 2.24) is 10.2 Å². The van der Waals surface area contributed by atoms with Crippen molar-refractivity contribution < 1.29 is 19.0 Å². The van der Waals surface area contributed by atoms with Crippen LogP contribution in [0.5, 0.6) is 17.2 Å². The Morgan fingerprint density at radius 3 is 1.97 bits per heavy atom. The Hall–Kier alpha value is -2.73. The van der Waals surface area contributed by atoms with E-state index in [4.69, 9.17) is 14.2 Å². The maximum atomic E-state index is 12.4. The number of nitrogens with zero attached hydrogens (tertiary/aromatic N) is 1. The van der Waals surface area contributed by atoms with Gasteiger partial charge in [0.25, 0.3) is 5.91 Å². The molecule has 1 heterocycles. The normalized spacial score (nSPS) is 15.7. The molecule has 0 radical (unpaired) electrons. The first-order valence-electron chi connectivity index (χ1n) is 10.6. The Morgan fingerprint density at radius 1 is 0.867 bits per heavy atom. The van der Waals surface area contributed by atoms with Crippen LogP contribution in [-0.2, 0) is 4.79 Å². The van der Waals surface area contributed by atoms with Crippen molar-refractivity contribution in [2.75, 3.05) is 40.5 Å². The molecule has 1 N–H and O–H groups in total. The minimum Gasteiger partial charge on any atom is -0.497 e. The summed E-state index contributed by atoms with van der Waals surface area (Å²) in [6, 6.07) is 15.5. The number of hydrogen-bond donors (Lipinski definition) is 1. The summed E-state index contributed by atoms with van der Waals surface area (Å²) in [6.45, 7) is 2.64. The van der Waals surface area contributed by atoms with Crippen LogP contribution in [0.3, 0.4) is 0 Å². The zero-order valence-electron chi connectivity index (χ0n) is 17.9. The Bertz CT molecular complexity index is 769. The summed E-state index contributed by atoms with van der Waals surface area (Å²) in [5.74, 6) is 2.11. The molecule has 6 nitrogen and oxygen atoms in total. The SMILES string of the molecule is COc1ccc(OCC(=O)NC[C@H](c2ccc(OC)cc2)N2CCCCCC2)cc1. The number of ether oxygens (including phenoxy) is 3. The van der Waals surface area contributed by atoms with Crippen LogP contribution < -0.4 is 19.5 Å². The third kappa shape index (κ3) is 6.39. The van der Waals surface area contributed by atoms with Crippen LogP contribution in [-0.4, -0.2) is 51.3 Å². The summed E-state index contributed by atoms with van der Waals surface area (Å²) in [5.41, 5.74) is 1.19. The number of methoxy groups -OCH3 is 2. The molecule has 1 fully saturated rings. The molecule has 0 aromatic heterocycles. The third-order valence-electron chi connectivity index (χ3n) is 5.50. The van der Waals surface area contributed by atoms with Crippen molar-refractivity contribution >= 4 is 5.91 Å². The van der Waals surface area contributed by atoms with Crippen LogP contribution in [0.2, 0.25) is 0 Å². The van der Waals surface area contributed by atoms with Gasteiger partial charge >= 0.3 is 0 Å². The van der Waals surface area contributed by atoms with Gasteiger partial charge in [-0.25, -0.2) is 0 Å².